The van der Waals surface area contributed by atoms with Gasteiger partial charge in [0.15, 0.2) is 0 Å². The molecule has 0 bridgehead atoms. The molecule has 0 saturated carbocycles. The third-order valence-electron chi connectivity index (χ3n) is 3.02. The zero-order valence-corrected chi connectivity index (χ0v) is 14.2. The molecule has 0 aliphatic rings. The Balaban J connectivity index is 1.54. The average Bonchev–Trinajstić information content (AvgIpc) is 3.04. The average molecular weight is 351 g/mol. The molecule has 2 rings (SSSR count). The van der Waals surface area contributed by atoms with Crippen LogP contribution in [0.25, 0.3) is 10.2 Å². The van der Waals surface area contributed by atoms with E-state index < -0.39 is 5.97 Å². The highest BCUT2D eigenvalue weighted by Gasteiger charge is 2.08. The number of esters is 1. The van der Waals surface area contributed by atoms with Crippen molar-refractivity contribution in [3.63, 3.8) is 0 Å². The molecule has 0 aliphatic carbocycles. The summed E-state index contributed by atoms with van der Waals surface area (Å²) < 4.78 is 16.6. The van der Waals surface area contributed by atoms with Crippen molar-refractivity contribution < 1.29 is 19.0 Å². The second kappa shape index (κ2) is 9.99. The second-order valence-electron chi connectivity index (χ2n) is 4.75. The van der Waals surface area contributed by atoms with Gasteiger partial charge in [0.1, 0.15) is 6.61 Å². The van der Waals surface area contributed by atoms with Crippen LogP contribution in [-0.2, 0) is 19.0 Å². The number of carbonyl (C=O) groups excluding carboxylic acids is 1. The molecule has 0 aliphatic heterocycles. The molecule has 24 heavy (non-hydrogen) atoms. The molecule has 1 aromatic heterocycles. The number of hydrogen-bond donors (Lipinski definition) is 1. The topological polar surface area (TPSA) is 86.9 Å². The van der Waals surface area contributed by atoms with E-state index in [4.69, 9.17) is 20.1 Å². The molecule has 0 atom stereocenters. The van der Waals surface area contributed by atoms with Crippen molar-refractivity contribution in [1.29, 1.82) is 0 Å². The number of nitrogens with two attached hydrogens (primary N) is 1. The number of nitrogens with zero attached hydrogens (tertiary/aromatic N) is 2. The van der Waals surface area contributed by atoms with E-state index in [-0.39, 0.29) is 6.61 Å². The van der Waals surface area contributed by atoms with E-state index in [0.29, 0.717) is 33.0 Å². The molecule has 7 nitrogen and oxygen atoms in total. The number of carbonyl (C=O) groups is 1. The van der Waals surface area contributed by atoms with E-state index in [0.717, 1.165) is 21.4 Å². The molecule has 130 valence electrons. The number of ether oxygens (including phenoxy) is 3. The van der Waals surface area contributed by atoms with Gasteiger partial charge in [0.2, 0.25) is 5.13 Å². The van der Waals surface area contributed by atoms with Crippen molar-refractivity contribution in [2.75, 3.05) is 44.6 Å². The summed E-state index contributed by atoms with van der Waals surface area (Å²) in [6.07, 6.45) is 1.12. The van der Waals surface area contributed by atoms with E-state index in [1.165, 1.54) is 0 Å². The summed E-state index contributed by atoms with van der Waals surface area (Å²) in [6, 6.07) is 7.91. The predicted molar refractivity (Wildman–Crippen MR) is 93.9 cm³/mol. The summed E-state index contributed by atoms with van der Waals surface area (Å²) in [6.45, 7) is 5.73. The van der Waals surface area contributed by atoms with Crippen LogP contribution in [0.5, 0.6) is 0 Å². The summed E-state index contributed by atoms with van der Waals surface area (Å²) in [5, 5.41) is 2.35. The summed E-state index contributed by atoms with van der Waals surface area (Å²) in [7, 11) is 0. The third kappa shape index (κ3) is 5.89. The van der Waals surface area contributed by atoms with Crippen LogP contribution in [0.3, 0.4) is 0 Å². The first kappa shape index (κ1) is 18.3. The van der Waals surface area contributed by atoms with Crippen molar-refractivity contribution in [1.82, 2.24) is 4.98 Å². The van der Waals surface area contributed by atoms with Gasteiger partial charge in [-0.2, -0.15) is 0 Å². The van der Waals surface area contributed by atoms with Crippen LogP contribution in [0.1, 0.15) is 0 Å². The Labute approximate surface area is 144 Å². The Hall–Kier alpha value is -2.00. The Morgan fingerprint density at radius 2 is 1.92 bits per heavy atom. The molecule has 0 unspecified atom stereocenters. The lowest BCUT2D eigenvalue weighted by molar-refractivity contribution is -0.139. The Morgan fingerprint density at radius 1 is 1.21 bits per heavy atom. The lowest BCUT2D eigenvalue weighted by atomic mass is 10.3. The quantitative estimate of drug-likeness (QED) is 0.217. The number of rotatable bonds is 11. The second-order valence-corrected chi connectivity index (χ2v) is 5.76. The first-order valence-electron chi connectivity index (χ1n) is 7.53. The minimum absolute atomic E-state index is 0.207. The van der Waals surface area contributed by atoms with Crippen LogP contribution < -0.4 is 10.9 Å². The van der Waals surface area contributed by atoms with Gasteiger partial charge in [-0.05, 0) is 12.1 Å². The maximum absolute atomic E-state index is 10.8. The van der Waals surface area contributed by atoms with E-state index >= 15 is 0 Å². The minimum Gasteiger partial charge on any atom is -0.460 e. The molecule has 1 aromatic carbocycles. The zero-order chi connectivity index (χ0) is 17.2. The molecular formula is C16H21N3O4S. The molecule has 0 radical (unpaired) electrons. The maximum Gasteiger partial charge on any atom is 0.330 e. The smallest absolute Gasteiger partial charge is 0.330 e. The Morgan fingerprint density at radius 3 is 2.67 bits per heavy atom. The van der Waals surface area contributed by atoms with E-state index in [2.05, 4.69) is 11.6 Å². The largest absolute Gasteiger partial charge is 0.460 e. The molecule has 8 heteroatoms. The first-order chi connectivity index (χ1) is 11.7. The van der Waals surface area contributed by atoms with Crippen LogP contribution in [0.2, 0.25) is 0 Å². The van der Waals surface area contributed by atoms with E-state index in [9.17, 15) is 4.79 Å². The van der Waals surface area contributed by atoms with Crippen molar-refractivity contribution in [3.05, 3.63) is 36.9 Å². The standard InChI is InChI=1S/C16H21N3O4S/c1-2-15(20)23-12-11-22-10-9-21-8-7-19(17)16-18-13-5-3-4-6-14(13)24-16/h2-6H,1,7-12,17H2. The molecule has 0 amide bonds. The highest BCUT2D eigenvalue weighted by atomic mass is 32.1. The fourth-order valence-electron chi connectivity index (χ4n) is 1.82. The van der Waals surface area contributed by atoms with Gasteiger partial charge in [0, 0.05) is 6.08 Å². The molecule has 2 N–H and O–H groups in total. The van der Waals surface area contributed by atoms with Crippen LogP contribution in [-0.4, -0.2) is 50.5 Å². The van der Waals surface area contributed by atoms with Gasteiger partial charge in [-0.1, -0.05) is 30.0 Å². The van der Waals surface area contributed by atoms with Crippen molar-refractivity contribution in [2.24, 2.45) is 5.84 Å². The number of para-hydroxylation sites is 1. The van der Waals surface area contributed by atoms with Gasteiger partial charge in [-0.15, -0.1) is 0 Å². The number of anilines is 1. The van der Waals surface area contributed by atoms with Gasteiger partial charge in [-0.25, -0.2) is 15.6 Å². The number of benzene rings is 1. The highest BCUT2D eigenvalue weighted by molar-refractivity contribution is 7.22. The molecule has 1 heterocycles. The number of fused-ring (bicyclic) bond motifs is 1. The van der Waals surface area contributed by atoms with Crippen LogP contribution in [0.15, 0.2) is 36.9 Å². The van der Waals surface area contributed by atoms with Gasteiger partial charge in [0.05, 0.1) is 43.2 Å². The SMILES string of the molecule is C=CC(=O)OCCOCCOCCN(N)c1nc2ccccc2s1. The lowest BCUT2D eigenvalue weighted by Gasteiger charge is -2.14. The first-order valence-corrected chi connectivity index (χ1v) is 8.35. The van der Waals surface area contributed by atoms with E-state index in [1.807, 2.05) is 24.3 Å². The van der Waals surface area contributed by atoms with Crippen LogP contribution >= 0.6 is 11.3 Å². The number of thiazole rings is 1. The van der Waals surface area contributed by atoms with E-state index in [1.54, 1.807) is 16.3 Å². The number of hydrogen-bond acceptors (Lipinski definition) is 8. The summed E-state index contributed by atoms with van der Waals surface area (Å²) >= 11 is 1.55. The van der Waals surface area contributed by atoms with Crippen molar-refractivity contribution in [3.8, 4) is 0 Å². The number of hydrazine groups is 1. The molecule has 0 saturated heterocycles. The monoisotopic (exact) mass is 351 g/mol. The maximum atomic E-state index is 10.8. The van der Waals surface area contributed by atoms with Gasteiger partial charge >= 0.3 is 5.97 Å². The summed E-state index contributed by atoms with van der Waals surface area (Å²) in [4.78, 5) is 15.3. The fourth-order valence-corrected chi connectivity index (χ4v) is 2.74. The van der Waals surface area contributed by atoms with Crippen LogP contribution in [0.4, 0.5) is 5.13 Å². The lowest BCUT2D eigenvalue weighted by Crippen LogP contribution is -2.34. The molecule has 0 fully saturated rings. The summed E-state index contributed by atoms with van der Waals surface area (Å²) in [5.41, 5.74) is 0.944. The van der Waals surface area contributed by atoms with Crippen LogP contribution in [0, 0.1) is 0 Å². The van der Waals surface area contributed by atoms with Gasteiger partial charge in [0.25, 0.3) is 0 Å². The number of aromatic nitrogens is 1. The van der Waals surface area contributed by atoms with Crippen molar-refractivity contribution in [2.45, 2.75) is 0 Å². The van der Waals surface area contributed by atoms with Gasteiger partial charge < -0.3 is 14.2 Å². The third-order valence-corrected chi connectivity index (χ3v) is 4.09. The van der Waals surface area contributed by atoms with Gasteiger partial charge in [-0.3, -0.25) is 5.01 Å². The molecule has 0 spiro atoms. The summed E-state index contributed by atoms with van der Waals surface area (Å²) in [5.74, 6) is 5.54. The Kier molecular flexibility index (Phi) is 7.63. The Bertz CT molecular complexity index is 629. The highest BCUT2D eigenvalue weighted by Crippen LogP contribution is 2.26. The fraction of sp³-hybridized carbons (Fsp3) is 0.375. The predicted octanol–water partition coefficient (Wildman–Crippen LogP) is 1.74. The normalized spacial score (nSPS) is 10.7. The van der Waals surface area contributed by atoms with Crippen molar-refractivity contribution >= 4 is 32.7 Å². The zero-order valence-electron chi connectivity index (χ0n) is 13.3. The molecule has 2 aromatic rings. The molecular weight excluding hydrogens is 330 g/mol. The minimum atomic E-state index is -0.451.